The molecule has 1 aliphatic rings. The summed E-state index contributed by atoms with van der Waals surface area (Å²) < 4.78 is 5.66. The average Bonchev–Trinajstić information content (AvgIpc) is 3.22. The summed E-state index contributed by atoms with van der Waals surface area (Å²) in [5, 5.41) is 1.68. The summed E-state index contributed by atoms with van der Waals surface area (Å²) in [5.74, 6) is 0.593. The predicted molar refractivity (Wildman–Crippen MR) is 136 cm³/mol. The number of carbonyl (C=O) groups excluding carboxylic acids is 1. The Morgan fingerprint density at radius 3 is 2.41 bits per heavy atom. The first-order valence-electron chi connectivity index (χ1n) is 11.5. The van der Waals surface area contributed by atoms with E-state index >= 15 is 0 Å². The van der Waals surface area contributed by atoms with Crippen LogP contribution < -0.4 is 4.72 Å². The van der Waals surface area contributed by atoms with Crippen LogP contribution in [-0.2, 0) is 0 Å². The van der Waals surface area contributed by atoms with Gasteiger partial charge in [0, 0.05) is 60.8 Å². The van der Waals surface area contributed by atoms with Crippen LogP contribution in [0.3, 0.4) is 0 Å². The smallest absolute Gasteiger partial charge is 0.253 e. The van der Waals surface area contributed by atoms with E-state index < -0.39 is 0 Å². The molecule has 0 saturated carbocycles. The summed E-state index contributed by atoms with van der Waals surface area (Å²) in [4.78, 5) is 17.2. The highest BCUT2D eigenvalue weighted by atomic mass is 32.2. The van der Waals surface area contributed by atoms with Crippen molar-refractivity contribution in [1.82, 2.24) is 19.1 Å². The Balaban J connectivity index is 1.47. The number of benzene rings is 2. The van der Waals surface area contributed by atoms with Crippen LogP contribution in [0.1, 0.15) is 42.6 Å². The molecule has 1 aliphatic heterocycles. The molecule has 1 saturated heterocycles. The molecule has 170 valence electrons. The number of amides is 1. The van der Waals surface area contributed by atoms with Crippen molar-refractivity contribution in [3.05, 3.63) is 65.9 Å². The van der Waals surface area contributed by atoms with E-state index in [1.807, 2.05) is 17.0 Å². The lowest BCUT2D eigenvalue weighted by atomic mass is 10.0. The largest absolute Gasteiger partial charge is 0.336 e. The number of nitrogens with one attached hydrogen (secondary N) is 1. The molecule has 2 heterocycles. The summed E-state index contributed by atoms with van der Waals surface area (Å²) in [6.45, 7) is 11.1. The van der Waals surface area contributed by atoms with Gasteiger partial charge in [-0.05, 0) is 54.9 Å². The van der Waals surface area contributed by atoms with Crippen LogP contribution in [0.4, 0.5) is 0 Å². The summed E-state index contributed by atoms with van der Waals surface area (Å²) in [6, 6.07) is 17.0. The summed E-state index contributed by atoms with van der Waals surface area (Å²) in [7, 11) is 2.10. The lowest BCUT2D eigenvalue weighted by Gasteiger charge is -2.32. The fourth-order valence-electron chi connectivity index (χ4n) is 4.11. The molecule has 1 aromatic heterocycles. The third kappa shape index (κ3) is 5.20. The minimum atomic E-state index is 0.135. The van der Waals surface area contributed by atoms with E-state index in [4.69, 9.17) is 0 Å². The summed E-state index contributed by atoms with van der Waals surface area (Å²) in [6.07, 6.45) is 2.09. The van der Waals surface area contributed by atoms with Gasteiger partial charge in [-0.2, -0.15) is 0 Å². The molecular weight excluding hydrogens is 416 g/mol. The Morgan fingerprint density at radius 2 is 1.72 bits per heavy atom. The van der Waals surface area contributed by atoms with E-state index in [0.29, 0.717) is 11.2 Å². The molecule has 2 aromatic carbocycles. The van der Waals surface area contributed by atoms with Gasteiger partial charge in [-0.25, -0.2) is 0 Å². The van der Waals surface area contributed by atoms with Gasteiger partial charge in [0.1, 0.15) is 0 Å². The topological polar surface area (TPSA) is 40.5 Å². The molecular formula is C26H34N4OS. The number of aromatic nitrogens is 1. The van der Waals surface area contributed by atoms with Crippen molar-refractivity contribution in [1.29, 1.82) is 0 Å². The molecule has 0 aliphatic carbocycles. The summed E-state index contributed by atoms with van der Waals surface area (Å²) >= 11 is 1.79. The van der Waals surface area contributed by atoms with Crippen LogP contribution in [0.5, 0.6) is 0 Å². The Bertz CT molecular complexity index is 1050. The fourth-order valence-corrected chi connectivity index (χ4v) is 4.79. The number of fused-ring (bicyclic) bond motifs is 1. The van der Waals surface area contributed by atoms with E-state index in [2.05, 4.69) is 84.6 Å². The fraction of sp³-hybridized carbons (Fsp3) is 0.423. The van der Waals surface area contributed by atoms with Crippen molar-refractivity contribution < 1.29 is 4.79 Å². The van der Waals surface area contributed by atoms with Crippen molar-refractivity contribution in [2.45, 2.75) is 31.9 Å². The Hall–Kier alpha value is -2.28. The molecule has 4 rings (SSSR count). The summed E-state index contributed by atoms with van der Waals surface area (Å²) in [5.41, 5.74) is 4.37. The van der Waals surface area contributed by atoms with Gasteiger partial charge in [0.2, 0.25) is 0 Å². The second-order valence-corrected chi connectivity index (χ2v) is 10.5. The van der Waals surface area contributed by atoms with Crippen LogP contribution in [0, 0.1) is 0 Å². The standard InChI is InChI=1S/C26H34N4OS/c1-19(2)32-27-18-20(3)21-5-8-24(9-6-21)30-12-11-22-17-23(7-10-25(22)30)26(31)29-15-13-28(4)14-16-29/h5-12,17,19-20,27H,13-16,18H2,1-4H3. The van der Waals surface area contributed by atoms with Gasteiger partial charge < -0.3 is 14.4 Å². The van der Waals surface area contributed by atoms with Gasteiger partial charge in [0.25, 0.3) is 5.91 Å². The van der Waals surface area contributed by atoms with Crippen molar-refractivity contribution >= 4 is 28.8 Å². The number of likely N-dealkylation sites (N-methyl/N-ethyl adjacent to an activating group) is 1. The van der Waals surface area contributed by atoms with Gasteiger partial charge in [-0.3, -0.25) is 9.52 Å². The number of hydrogen-bond donors (Lipinski definition) is 1. The van der Waals surface area contributed by atoms with Gasteiger partial charge >= 0.3 is 0 Å². The molecule has 0 bridgehead atoms. The third-order valence-electron chi connectivity index (χ3n) is 6.18. The van der Waals surface area contributed by atoms with Gasteiger partial charge in [-0.1, -0.05) is 44.9 Å². The second kappa shape index (κ2) is 10.1. The van der Waals surface area contributed by atoms with Gasteiger partial charge in [-0.15, -0.1) is 0 Å². The zero-order valence-electron chi connectivity index (χ0n) is 19.5. The quantitative estimate of drug-likeness (QED) is 0.527. The lowest BCUT2D eigenvalue weighted by Crippen LogP contribution is -2.47. The molecule has 1 unspecified atom stereocenters. The highest BCUT2D eigenvalue weighted by Gasteiger charge is 2.20. The first kappa shape index (κ1) is 22.9. The molecule has 1 amide bonds. The second-order valence-electron chi connectivity index (χ2n) is 9.06. The van der Waals surface area contributed by atoms with E-state index in [9.17, 15) is 4.79 Å². The normalized spacial score (nSPS) is 16.1. The van der Waals surface area contributed by atoms with E-state index in [1.54, 1.807) is 11.9 Å². The van der Waals surface area contributed by atoms with Crippen LogP contribution in [0.2, 0.25) is 0 Å². The molecule has 6 heteroatoms. The van der Waals surface area contributed by atoms with E-state index in [1.165, 1.54) is 5.56 Å². The number of piperazine rings is 1. The average molecular weight is 451 g/mol. The number of nitrogens with zero attached hydrogens (tertiary/aromatic N) is 3. The van der Waals surface area contributed by atoms with E-state index in [-0.39, 0.29) is 5.91 Å². The SMILES string of the molecule is CC(C)SNCC(C)c1ccc(-n2ccc3cc(C(=O)N4CCN(C)CC4)ccc32)cc1. The zero-order chi connectivity index (χ0) is 22.7. The van der Waals surface area contributed by atoms with Crippen LogP contribution in [0.15, 0.2) is 54.7 Å². The molecule has 1 atom stereocenters. The van der Waals surface area contributed by atoms with Gasteiger partial charge in [0.15, 0.2) is 0 Å². The molecule has 3 aromatic rings. The highest BCUT2D eigenvalue weighted by molar-refractivity contribution is 7.97. The number of carbonyl (C=O) groups is 1. The predicted octanol–water partition coefficient (Wildman–Crippen LogP) is 4.77. The van der Waals surface area contributed by atoms with Crippen LogP contribution >= 0.6 is 11.9 Å². The Kier molecular flexibility index (Phi) is 7.23. The number of rotatable bonds is 7. The monoisotopic (exact) mass is 450 g/mol. The highest BCUT2D eigenvalue weighted by Crippen LogP contribution is 2.24. The van der Waals surface area contributed by atoms with Gasteiger partial charge in [0.05, 0.1) is 5.52 Å². The van der Waals surface area contributed by atoms with Crippen molar-refractivity contribution in [3.63, 3.8) is 0 Å². The van der Waals surface area contributed by atoms with Crippen molar-refractivity contribution in [3.8, 4) is 5.69 Å². The van der Waals surface area contributed by atoms with Crippen molar-refractivity contribution in [2.75, 3.05) is 39.8 Å². The van der Waals surface area contributed by atoms with Crippen molar-refractivity contribution in [2.24, 2.45) is 0 Å². The van der Waals surface area contributed by atoms with Crippen LogP contribution in [0.25, 0.3) is 16.6 Å². The first-order valence-corrected chi connectivity index (χ1v) is 12.4. The molecule has 32 heavy (non-hydrogen) atoms. The molecule has 1 fully saturated rings. The maximum absolute atomic E-state index is 12.9. The van der Waals surface area contributed by atoms with Crippen LogP contribution in [-0.4, -0.2) is 65.3 Å². The molecule has 0 spiro atoms. The lowest BCUT2D eigenvalue weighted by molar-refractivity contribution is 0.0664. The Morgan fingerprint density at radius 1 is 1.00 bits per heavy atom. The minimum Gasteiger partial charge on any atom is -0.336 e. The van der Waals surface area contributed by atoms with E-state index in [0.717, 1.165) is 54.9 Å². The number of hydrogen-bond acceptors (Lipinski definition) is 4. The maximum atomic E-state index is 12.9. The zero-order valence-corrected chi connectivity index (χ0v) is 20.4. The first-order chi connectivity index (χ1) is 15.4. The third-order valence-corrected chi connectivity index (χ3v) is 6.98. The molecule has 0 radical (unpaired) electrons. The maximum Gasteiger partial charge on any atom is 0.253 e. The molecule has 5 nitrogen and oxygen atoms in total. The minimum absolute atomic E-state index is 0.135. The molecule has 1 N–H and O–H groups in total. The Labute approximate surface area is 195 Å².